The number of hydrogen-bond donors (Lipinski definition) is 0. The van der Waals surface area contributed by atoms with E-state index in [1.807, 2.05) is 12.3 Å². The number of hydrogen-bond acceptors (Lipinski definition) is 1. The van der Waals surface area contributed by atoms with E-state index in [9.17, 15) is 0 Å². The quantitative estimate of drug-likeness (QED) is 0.650. The van der Waals surface area contributed by atoms with Crippen LogP contribution >= 0.6 is 0 Å². The highest BCUT2D eigenvalue weighted by Gasteiger charge is 2.19. The average molecular weight is 213 g/mol. The van der Waals surface area contributed by atoms with Crippen molar-refractivity contribution in [2.24, 2.45) is 5.92 Å². The second-order valence-corrected chi connectivity index (χ2v) is 5.63. The molecule has 0 N–H and O–H groups in total. The monoisotopic (exact) mass is 213 g/mol. The van der Waals surface area contributed by atoms with Gasteiger partial charge >= 0.3 is 0 Å². The van der Waals surface area contributed by atoms with Gasteiger partial charge in [0.1, 0.15) is 0 Å². The Balaban J connectivity index is 2.10. The molecule has 1 fully saturated rings. The fourth-order valence-corrected chi connectivity index (χ4v) is 1.54. The molecule has 1 saturated carbocycles. The van der Waals surface area contributed by atoms with Crippen molar-refractivity contribution in [3.05, 3.63) is 29.6 Å². The summed E-state index contributed by atoms with van der Waals surface area (Å²) in [5.74, 6) is 7.39. The van der Waals surface area contributed by atoms with Crippen LogP contribution < -0.4 is 0 Å². The Hall–Kier alpha value is -1.29. The summed E-state index contributed by atoms with van der Waals surface area (Å²) < 4.78 is 0. The largest absolute Gasteiger partial charge is 0.261 e. The third-order valence-corrected chi connectivity index (χ3v) is 2.85. The summed E-state index contributed by atoms with van der Waals surface area (Å²) in [5.41, 5.74) is 2.32. The Morgan fingerprint density at radius 1 is 1.38 bits per heavy atom. The molecular weight excluding hydrogens is 194 g/mol. The third kappa shape index (κ3) is 3.10. The zero-order valence-electron chi connectivity index (χ0n) is 10.4. The molecule has 84 valence electrons. The summed E-state index contributed by atoms with van der Waals surface area (Å²) in [4.78, 5) is 4.40. The Morgan fingerprint density at radius 2 is 2.12 bits per heavy atom. The van der Waals surface area contributed by atoms with E-state index in [1.165, 1.54) is 12.8 Å². The molecule has 16 heavy (non-hydrogen) atoms. The molecule has 0 radical (unpaired) electrons. The first kappa shape index (κ1) is 11.2. The molecule has 0 saturated heterocycles. The lowest BCUT2D eigenvalue weighted by atomic mass is 9.91. The molecule has 1 aliphatic rings. The van der Waals surface area contributed by atoms with E-state index < -0.39 is 0 Å². The van der Waals surface area contributed by atoms with E-state index in [0.29, 0.717) is 0 Å². The molecule has 1 aromatic heterocycles. The lowest BCUT2D eigenvalue weighted by Crippen LogP contribution is -2.13. The van der Waals surface area contributed by atoms with Crippen LogP contribution in [0, 0.1) is 17.8 Å². The maximum atomic E-state index is 4.40. The highest BCUT2D eigenvalue weighted by molar-refractivity contribution is 5.36. The summed E-state index contributed by atoms with van der Waals surface area (Å²) in [6, 6.07) is 4.11. The lowest BCUT2D eigenvalue weighted by molar-refractivity contribution is 0.569. The van der Waals surface area contributed by atoms with Crippen molar-refractivity contribution < 1.29 is 0 Å². The molecule has 2 rings (SSSR count). The van der Waals surface area contributed by atoms with Gasteiger partial charge in [-0.05, 0) is 30.9 Å². The first-order chi connectivity index (χ1) is 7.55. The first-order valence-corrected chi connectivity index (χ1v) is 6.01. The summed E-state index contributed by atoms with van der Waals surface area (Å²) in [6.45, 7) is 6.53. The van der Waals surface area contributed by atoms with Gasteiger partial charge in [-0.25, -0.2) is 0 Å². The Kier molecular flexibility index (Phi) is 3.01. The van der Waals surface area contributed by atoms with Crippen molar-refractivity contribution in [1.82, 2.24) is 4.98 Å². The van der Waals surface area contributed by atoms with Crippen LogP contribution in [0.15, 0.2) is 18.3 Å². The number of aromatic nitrogens is 1. The van der Waals surface area contributed by atoms with Gasteiger partial charge in [-0.1, -0.05) is 32.6 Å². The number of rotatable bonds is 1. The van der Waals surface area contributed by atoms with Gasteiger partial charge in [0, 0.05) is 29.3 Å². The number of pyridine rings is 1. The van der Waals surface area contributed by atoms with Crippen molar-refractivity contribution in [2.45, 2.75) is 45.4 Å². The van der Waals surface area contributed by atoms with Crippen LogP contribution in [0.25, 0.3) is 0 Å². The summed E-state index contributed by atoms with van der Waals surface area (Å²) in [6.07, 6.45) is 5.67. The first-order valence-electron chi connectivity index (χ1n) is 6.01. The molecule has 0 spiro atoms. The predicted octanol–water partition coefficient (Wildman–Crippen LogP) is 3.53. The Labute approximate surface area is 98.3 Å². The molecule has 0 atom stereocenters. The SMILES string of the molecule is CC(C)(C)c1cc(C#CCC2CC2)ccn1. The molecule has 1 nitrogen and oxygen atoms in total. The predicted molar refractivity (Wildman–Crippen MR) is 67.2 cm³/mol. The molecule has 1 heterocycles. The zero-order valence-corrected chi connectivity index (χ0v) is 10.4. The fourth-order valence-electron chi connectivity index (χ4n) is 1.54. The van der Waals surface area contributed by atoms with E-state index >= 15 is 0 Å². The van der Waals surface area contributed by atoms with Crippen molar-refractivity contribution in [3.63, 3.8) is 0 Å². The molecule has 1 heteroatoms. The third-order valence-electron chi connectivity index (χ3n) is 2.85. The minimum Gasteiger partial charge on any atom is -0.261 e. The van der Waals surface area contributed by atoms with Crippen LogP contribution in [0.2, 0.25) is 0 Å². The van der Waals surface area contributed by atoms with Gasteiger partial charge in [0.2, 0.25) is 0 Å². The molecule has 0 amide bonds. The minimum atomic E-state index is 0.105. The van der Waals surface area contributed by atoms with Crippen LogP contribution in [0.3, 0.4) is 0 Å². The van der Waals surface area contributed by atoms with Crippen LogP contribution in [0.5, 0.6) is 0 Å². The van der Waals surface area contributed by atoms with Crippen LogP contribution in [-0.2, 0) is 5.41 Å². The maximum absolute atomic E-state index is 4.40. The second-order valence-electron chi connectivity index (χ2n) is 5.63. The Bertz CT molecular complexity index is 425. The smallest absolute Gasteiger partial charge is 0.0469 e. The van der Waals surface area contributed by atoms with Crippen molar-refractivity contribution in [3.8, 4) is 11.8 Å². The summed E-state index contributed by atoms with van der Waals surface area (Å²) in [7, 11) is 0. The fraction of sp³-hybridized carbons (Fsp3) is 0.533. The average Bonchev–Trinajstić information content (AvgIpc) is 3.01. The summed E-state index contributed by atoms with van der Waals surface area (Å²) >= 11 is 0. The van der Waals surface area contributed by atoms with Gasteiger partial charge in [0.05, 0.1) is 0 Å². The topological polar surface area (TPSA) is 12.9 Å². The highest BCUT2D eigenvalue weighted by atomic mass is 14.7. The van der Waals surface area contributed by atoms with E-state index in [2.05, 4.69) is 43.7 Å². The van der Waals surface area contributed by atoms with E-state index in [0.717, 1.165) is 23.6 Å². The normalized spacial score (nSPS) is 15.4. The van der Waals surface area contributed by atoms with Crippen LogP contribution in [0.4, 0.5) is 0 Å². The van der Waals surface area contributed by atoms with Gasteiger partial charge in [-0.15, -0.1) is 0 Å². The standard InChI is InChI=1S/C15H19N/c1-15(2,3)14-11-13(9-10-16-14)6-4-5-12-7-8-12/h9-12H,5,7-8H2,1-3H3. The highest BCUT2D eigenvalue weighted by Crippen LogP contribution is 2.31. The van der Waals surface area contributed by atoms with Crippen molar-refractivity contribution >= 4 is 0 Å². The van der Waals surface area contributed by atoms with Gasteiger partial charge in [-0.3, -0.25) is 4.98 Å². The Morgan fingerprint density at radius 3 is 2.75 bits per heavy atom. The summed E-state index contributed by atoms with van der Waals surface area (Å²) in [5, 5.41) is 0. The molecule has 1 aliphatic carbocycles. The van der Waals surface area contributed by atoms with E-state index in [1.54, 1.807) is 0 Å². The van der Waals surface area contributed by atoms with Gasteiger partial charge in [0.15, 0.2) is 0 Å². The lowest BCUT2D eigenvalue weighted by Gasteiger charge is -2.17. The van der Waals surface area contributed by atoms with Gasteiger partial charge < -0.3 is 0 Å². The molecular formula is C15H19N. The van der Waals surface area contributed by atoms with Crippen molar-refractivity contribution in [2.75, 3.05) is 0 Å². The van der Waals surface area contributed by atoms with Gasteiger partial charge in [0.25, 0.3) is 0 Å². The van der Waals surface area contributed by atoms with Crippen LogP contribution in [0.1, 0.15) is 51.3 Å². The zero-order chi connectivity index (χ0) is 11.6. The minimum absolute atomic E-state index is 0.105. The number of nitrogens with zero attached hydrogens (tertiary/aromatic N) is 1. The van der Waals surface area contributed by atoms with Crippen molar-refractivity contribution in [1.29, 1.82) is 0 Å². The van der Waals surface area contributed by atoms with E-state index in [-0.39, 0.29) is 5.41 Å². The second kappa shape index (κ2) is 4.29. The molecule has 0 aromatic carbocycles. The van der Waals surface area contributed by atoms with Crippen LogP contribution in [-0.4, -0.2) is 4.98 Å². The van der Waals surface area contributed by atoms with E-state index in [4.69, 9.17) is 0 Å². The molecule has 0 unspecified atom stereocenters. The molecule has 1 aromatic rings. The maximum Gasteiger partial charge on any atom is 0.0469 e. The van der Waals surface area contributed by atoms with Gasteiger partial charge in [-0.2, -0.15) is 0 Å². The molecule has 0 aliphatic heterocycles. The molecule has 0 bridgehead atoms.